The second-order valence-electron chi connectivity index (χ2n) is 6.70. The highest BCUT2D eigenvalue weighted by atomic mass is 16.5. The summed E-state index contributed by atoms with van der Waals surface area (Å²) in [6.07, 6.45) is 0.693. The maximum Gasteiger partial charge on any atom is 0.335 e. The van der Waals surface area contributed by atoms with Crippen molar-refractivity contribution in [3.63, 3.8) is 0 Å². The Morgan fingerprint density at radius 3 is 2.54 bits per heavy atom. The highest BCUT2D eigenvalue weighted by Gasteiger charge is 2.45. The van der Waals surface area contributed by atoms with Gasteiger partial charge in [-0.05, 0) is 48.4 Å². The topological polar surface area (TPSA) is 94.1 Å². The van der Waals surface area contributed by atoms with Crippen molar-refractivity contribution >= 4 is 17.6 Å². The number of carbonyl (C=O) groups is 2. The Hall–Kier alpha value is -3.06. The van der Waals surface area contributed by atoms with E-state index in [1.807, 2.05) is 18.2 Å². The minimum Gasteiger partial charge on any atom is -0.497 e. The van der Waals surface area contributed by atoms with Crippen LogP contribution in [-0.4, -0.2) is 38.3 Å². The third-order valence-electron chi connectivity index (χ3n) is 4.78. The molecule has 2 aromatic carbocycles. The van der Waals surface area contributed by atoms with Crippen LogP contribution in [0.3, 0.4) is 0 Å². The number of ether oxygens (including phenoxy) is 3. The van der Waals surface area contributed by atoms with E-state index < -0.39 is 5.97 Å². The van der Waals surface area contributed by atoms with Crippen LogP contribution in [0.4, 0.5) is 5.69 Å². The van der Waals surface area contributed by atoms with Crippen LogP contribution in [0.15, 0.2) is 36.4 Å². The largest absolute Gasteiger partial charge is 0.497 e. The number of aromatic carboxylic acids is 1. The van der Waals surface area contributed by atoms with Gasteiger partial charge in [-0.3, -0.25) is 4.79 Å². The lowest BCUT2D eigenvalue weighted by atomic mass is 10.1. The lowest BCUT2D eigenvalue weighted by Gasteiger charge is -2.11. The Labute approximate surface area is 163 Å². The molecule has 1 amide bonds. The van der Waals surface area contributed by atoms with E-state index in [0.717, 1.165) is 11.3 Å². The number of benzene rings is 2. The Bertz CT molecular complexity index is 894. The van der Waals surface area contributed by atoms with Gasteiger partial charge in [0.15, 0.2) is 0 Å². The molecule has 2 unspecified atom stereocenters. The Balaban J connectivity index is 1.76. The Morgan fingerprint density at radius 1 is 1.11 bits per heavy atom. The summed E-state index contributed by atoms with van der Waals surface area (Å²) in [4.78, 5) is 24.0. The van der Waals surface area contributed by atoms with Crippen LogP contribution in [-0.2, 0) is 16.1 Å². The number of rotatable bonds is 8. The van der Waals surface area contributed by atoms with Gasteiger partial charge in [0.05, 0.1) is 26.4 Å². The first kappa shape index (κ1) is 19.7. The molecule has 0 aliphatic heterocycles. The van der Waals surface area contributed by atoms with Gasteiger partial charge in [0.25, 0.3) is 0 Å². The quantitative estimate of drug-likeness (QED) is 0.724. The molecule has 1 aliphatic rings. The van der Waals surface area contributed by atoms with Gasteiger partial charge in [-0.15, -0.1) is 0 Å². The van der Waals surface area contributed by atoms with Crippen LogP contribution in [0.25, 0.3) is 0 Å². The summed E-state index contributed by atoms with van der Waals surface area (Å²) in [5.74, 6) is 0.0442. The van der Waals surface area contributed by atoms with Crippen molar-refractivity contribution in [3.8, 4) is 11.5 Å². The molecule has 0 spiro atoms. The molecule has 3 rings (SSSR count). The van der Waals surface area contributed by atoms with Gasteiger partial charge in [-0.2, -0.15) is 0 Å². The molecule has 0 aromatic heterocycles. The van der Waals surface area contributed by atoms with E-state index in [4.69, 9.17) is 14.2 Å². The second-order valence-corrected chi connectivity index (χ2v) is 6.70. The summed E-state index contributed by atoms with van der Waals surface area (Å²) in [5, 5.41) is 12.1. The fraction of sp³-hybridized carbons (Fsp3) is 0.333. The van der Waals surface area contributed by atoms with Crippen molar-refractivity contribution in [2.45, 2.75) is 18.9 Å². The molecule has 148 valence electrons. The number of nitrogens with one attached hydrogen (secondary N) is 1. The van der Waals surface area contributed by atoms with E-state index in [9.17, 15) is 14.7 Å². The zero-order valence-corrected chi connectivity index (χ0v) is 16.0. The molecule has 2 N–H and O–H groups in total. The predicted octanol–water partition coefficient (Wildman–Crippen LogP) is 3.29. The standard InChI is InChI=1S/C21H23NO6/c1-26-11-12-6-13(21(24)25)8-14(7-12)22-20(23)18-10-16(18)17-9-15(27-2)4-5-19(17)28-3/h4-9,16,18H,10-11H2,1-3H3,(H,22,23)(H,24,25). The molecule has 1 fully saturated rings. The van der Waals surface area contributed by atoms with Crippen LogP contribution in [0.2, 0.25) is 0 Å². The van der Waals surface area contributed by atoms with E-state index in [1.165, 1.54) is 19.2 Å². The van der Waals surface area contributed by atoms with Gasteiger partial charge >= 0.3 is 5.97 Å². The number of anilines is 1. The number of methoxy groups -OCH3 is 3. The molecule has 1 saturated carbocycles. The average molecular weight is 385 g/mol. The van der Waals surface area contributed by atoms with Crippen LogP contribution < -0.4 is 14.8 Å². The first-order chi connectivity index (χ1) is 13.5. The van der Waals surface area contributed by atoms with Crippen molar-refractivity contribution < 1.29 is 28.9 Å². The third-order valence-corrected chi connectivity index (χ3v) is 4.78. The van der Waals surface area contributed by atoms with Crippen molar-refractivity contribution in [2.24, 2.45) is 5.92 Å². The van der Waals surface area contributed by atoms with Crippen molar-refractivity contribution in [1.82, 2.24) is 0 Å². The lowest BCUT2D eigenvalue weighted by Crippen LogP contribution is -2.15. The van der Waals surface area contributed by atoms with Gasteiger partial charge in [-0.25, -0.2) is 4.79 Å². The van der Waals surface area contributed by atoms with Crippen molar-refractivity contribution in [2.75, 3.05) is 26.6 Å². The van der Waals surface area contributed by atoms with E-state index in [2.05, 4.69) is 5.32 Å². The van der Waals surface area contributed by atoms with Crippen LogP contribution in [0.5, 0.6) is 11.5 Å². The van der Waals surface area contributed by atoms with E-state index in [0.29, 0.717) is 23.4 Å². The second kappa shape index (κ2) is 8.31. The Morgan fingerprint density at radius 2 is 1.89 bits per heavy atom. The van der Waals surface area contributed by atoms with Gasteiger partial charge in [0.1, 0.15) is 11.5 Å². The van der Waals surface area contributed by atoms with Crippen LogP contribution >= 0.6 is 0 Å². The molecule has 0 saturated heterocycles. The van der Waals surface area contributed by atoms with Crippen LogP contribution in [0, 0.1) is 5.92 Å². The minimum absolute atomic E-state index is 0.0335. The maximum atomic E-state index is 12.7. The highest BCUT2D eigenvalue weighted by molar-refractivity contribution is 5.97. The Kier molecular flexibility index (Phi) is 5.84. The predicted molar refractivity (Wildman–Crippen MR) is 103 cm³/mol. The van der Waals surface area contributed by atoms with Gasteiger partial charge < -0.3 is 24.6 Å². The van der Waals surface area contributed by atoms with Crippen molar-refractivity contribution in [3.05, 3.63) is 53.1 Å². The summed E-state index contributed by atoms with van der Waals surface area (Å²) in [5.41, 5.74) is 2.16. The molecule has 0 radical (unpaired) electrons. The normalized spacial score (nSPS) is 17.7. The smallest absolute Gasteiger partial charge is 0.335 e. The van der Waals surface area contributed by atoms with E-state index in [-0.39, 0.29) is 29.9 Å². The molecule has 2 atom stereocenters. The zero-order chi connectivity index (χ0) is 20.3. The number of carbonyl (C=O) groups excluding carboxylic acids is 1. The molecule has 7 nitrogen and oxygen atoms in total. The van der Waals surface area contributed by atoms with Crippen molar-refractivity contribution in [1.29, 1.82) is 0 Å². The van der Waals surface area contributed by atoms with Gasteiger partial charge in [0.2, 0.25) is 5.91 Å². The molecular weight excluding hydrogens is 362 g/mol. The summed E-state index contributed by atoms with van der Waals surface area (Å²) in [7, 11) is 4.72. The number of carboxylic acids is 1. The number of amides is 1. The van der Waals surface area contributed by atoms with Gasteiger partial charge in [-0.1, -0.05) is 0 Å². The summed E-state index contributed by atoms with van der Waals surface area (Å²) in [6.45, 7) is 0.261. The lowest BCUT2D eigenvalue weighted by molar-refractivity contribution is -0.117. The number of carboxylic acid groups (broad SMARTS) is 1. The molecule has 7 heteroatoms. The fourth-order valence-electron chi connectivity index (χ4n) is 3.33. The number of hydrogen-bond donors (Lipinski definition) is 2. The minimum atomic E-state index is -1.06. The highest BCUT2D eigenvalue weighted by Crippen LogP contribution is 2.51. The molecule has 0 bridgehead atoms. The first-order valence-electron chi connectivity index (χ1n) is 8.85. The average Bonchev–Trinajstić information content (AvgIpc) is 3.48. The van der Waals surface area contributed by atoms with Crippen LogP contribution in [0.1, 0.15) is 33.8 Å². The fourth-order valence-corrected chi connectivity index (χ4v) is 3.33. The summed E-state index contributed by atoms with van der Waals surface area (Å²) >= 11 is 0. The molecule has 0 heterocycles. The SMILES string of the molecule is COCc1cc(NC(=O)C2CC2c2cc(OC)ccc2OC)cc(C(=O)O)c1. The number of hydrogen-bond acceptors (Lipinski definition) is 5. The van der Waals surface area contributed by atoms with Gasteiger partial charge in [0, 0.05) is 30.2 Å². The zero-order valence-electron chi connectivity index (χ0n) is 16.0. The first-order valence-corrected chi connectivity index (χ1v) is 8.85. The maximum absolute atomic E-state index is 12.7. The summed E-state index contributed by atoms with van der Waals surface area (Å²) < 4.78 is 15.8. The molecular formula is C21H23NO6. The van der Waals surface area contributed by atoms with E-state index >= 15 is 0 Å². The monoisotopic (exact) mass is 385 g/mol. The third kappa shape index (κ3) is 4.26. The molecule has 28 heavy (non-hydrogen) atoms. The molecule has 2 aromatic rings. The molecule has 1 aliphatic carbocycles. The van der Waals surface area contributed by atoms with E-state index in [1.54, 1.807) is 20.3 Å². The summed E-state index contributed by atoms with van der Waals surface area (Å²) in [6, 6.07) is 10.2.